The molecule has 0 aliphatic carbocycles. The van der Waals surface area contributed by atoms with Crippen LogP contribution in [0.15, 0.2) is 34.8 Å². The normalized spacial score (nSPS) is 17.6. The molecule has 1 aromatic rings. The number of carbonyl (C=O) groups excluding carboxylic acids is 1. The maximum atomic E-state index is 13.6. The van der Waals surface area contributed by atoms with E-state index in [0.29, 0.717) is 13.0 Å². The Morgan fingerprint density at radius 3 is 2.74 bits per heavy atom. The molecule has 1 aliphatic rings. The van der Waals surface area contributed by atoms with Gasteiger partial charge in [0.05, 0.1) is 26.4 Å². The molecule has 0 saturated carbocycles. The molecule has 0 saturated heterocycles. The van der Waals surface area contributed by atoms with Crippen LogP contribution in [0.25, 0.3) is 0 Å². The van der Waals surface area contributed by atoms with Crippen LogP contribution in [0.4, 0.5) is 4.39 Å². The molecule has 1 unspecified atom stereocenters. The first-order valence-electron chi connectivity index (χ1n) is 7.63. The van der Waals surface area contributed by atoms with E-state index in [9.17, 15) is 9.18 Å². The molecule has 2 rings (SSSR count). The Morgan fingerprint density at radius 2 is 2.13 bits per heavy atom. The predicted octanol–water partition coefficient (Wildman–Crippen LogP) is 3.40. The van der Waals surface area contributed by atoms with Crippen molar-refractivity contribution in [1.82, 2.24) is 0 Å². The maximum absolute atomic E-state index is 13.6. The summed E-state index contributed by atoms with van der Waals surface area (Å²) < 4.78 is 23.3. The van der Waals surface area contributed by atoms with Crippen molar-refractivity contribution in [2.24, 2.45) is 16.8 Å². The second-order valence-electron chi connectivity index (χ2n) is 5.85. The largest absolute Gasteiger partial charge is 0.494 e. The molecule has 0 N–H and O–H groups in total. The number of carbonyl (C=O) groups is 1. The lowest BCUT2D eigenvalue weighted by atomic mass is 9.84. The molecule has 0 aromatic heterocycles. The Labute approximate surface area is 136 Å². The first kappa shape index (κ1) is 17.2. The summed E-state index contributed by atoms with van der Waals surface area (Å²) in [6.07, 6.45) is 2.32. The average molecular weight is 319 g/mol. The standard InChI is InChI=1S/C18H22FNO3/c1-11(2)14-9-16(20-10-13(14)8-18(21)23-4)12-5-6-15(19)17(7-12)22-3/h5-7,9,11,13H,8,10H2,1-4H3. The summed E-state index contributed by atoms with van der Waals surface area (Å²) in [7, 11) is 2.83. The van der Waals surface area contributed by atoms with Gasteiger partial charge in [-0.2, -0.15) is 0 Å². The van der Waals surface area contributed by atoms with Gasteiger partial charge in [-0.25, -0.2) is 4.39 Å². The van der Waals surface area contributed by atoms with Gasteiger partial charge < -0.3 is 9.47 Å². The Morgan fingerprint density at radius 1 is 1.39 bits per heavy atom. The van der Waals surface area contributed by atoms with Gasteiger partial charge in [-0.05, 0) is 30.2 Å². The lowest BCUT2D eigenvalue weighted by Crippen LogP contribution is -2.23. The molecule has 0 spiro atoms. The lowest BCUT2D eigenvalue weighted by Gasteiger charge is -2.25. The van der Waals surface area contributed by atoms with Crippen LogP contribution in [0, 0.1) is 17.7 Å². The van der Waals surface area contributed by atoms with Gasteiger partial charge in [0.2, 0.25) is 0 Å². The average Bonchev–Trinajstić information content (AvgIpc) is 2.55. The van der Waals surface area contributed by atoms with E-state index in [1.54, 1.807) is 12.1 Å². The third-order valence-corrected chi connectivity index (χ3v) is 4.01. The smallest absolute Gasteiger partial charge is 0.306 e. The van der Waals surface area contributed by atoms with Crippen LogP contribution in [0.2, 0.25) is 0 Å². The first-order chi connectivity index (χ1) is 11.0. The second kappa shape index (κ2) is 7.40. The molecule has 1 aliphatic heterocycles. The number of benzene rings is 1. The Balaban J connectivity index is 2.30. The van der Waals surface area contributed by atoms with E-state index in [-0.39, 0.29) is 23.6 Å². The number of methoxy groups -OCH3 is 2. The molecule has 4 nitrogen and oxygen atoms in total. The van der Waals surface area contributed by atoms with Crippen LogP contribution in [0.1, 0.15) is 25.8 Å². The number of aliphatic imine (C=N–C) groups is 1. The Kier molecular flexibility index (Phi) is 5.53. The van der Waals surface area contributed by atoms with Crippen LogP contribution >= 0.6 is 0 Å². The summed E-state index contributed by atoms with van der Waals surface area (Å²) in [5.74, 6) is -0.0969. The fraction of sp³-hybridized carbons (Fsp3) is 0.444. The molecule has 124 valence electrons. The molecular formula is C18H22FNO3. The summed E-state index contributed by atoms with van der Waals surface area (Å²) in [5, 5.41) is 0. The highest BCUT2D eigenvalue weighted by molar-refractivity contribution is 6.09. The highest BCUT2D eigenvalue weighted by atomic mass is 19.1. The number of dihydropyridines is 1. The summed E-state index contributed by atoms with van der Waals surface area (Å²) >= 11 is 0. The minimum atomic E-state index is -0.399. The summed E-state index contributed by atoms with van der Waals surface area (Å²) in [5.41, 5.74) is 2.75. The van der Waals surface area contributed by atoms with Crippen molar-refractivity contribution in [3.05, 3.63) is 41.2 Å². The van der Waals surface area contributed by atoms with Gasteiger partial charge in [-0.15, -0.1) is 0 Å². The molecule has 1 atom stereocenters. The van der Waals surface area contributed by atoms with Crippen molar-refractivity contribution < 1.29 is 18.7 Å². The van der Waals surface area contributed by atoms with Crippen molar-refractivity contribution in [1.29, 1.82) is 0 Å². The van der Waals surface area contributed by atoms with Crippen molar-refractivity contribution in [2.75, 3.05) is 20.8 Å². The molecule has 23 heavy (non-hydrogen) atoms. The fourth-order valence-corrected chi connectivity index (χ4v) is 2.73. The topological polar surface area (TPSA) is 47.9 Å². The van der Waals surface area contributed by atoms with Gasteiger partial charge in [0.15, 0.2) is 11.6 Å². The number of allylic oxidation sites excluding steroid dienone is 1. The minimum Gasteiger partial charge on any atom is -0.494 e. The summed E-state index contributed by atoms with van der Waals surface area (Å²) in [6, 6.07) is 4.70. The summed E-state index contributed by atoms with van der Waals surface area (Å²) in [4.78, 5) is 16.1. The number of hydrogen-bond donors (Lipinski definition) is 0. The van der Waals surface area contributed by atoms with E-state index < -0.39 is 5.82 Å². The van der Waals surface area contributed by atoms with Gasteiger partial charge in [-0.3, -0.25) is 9.79 Å². The van der Waals surface area contributed by atoms with E-state index in [1.807, 2.05) is 6.08 Å². The zero-order valence-electron chi connectivity index (χ0n) is 13.9. The molecule has 5 heteroatoms. The van der Waals surface area contributed by atoms with E-state index in [0.717, 1.165) is 16.8 Å². The van der Waals surface area contributed by atoms with Gasteiger partial charge >= 0.3 is 5.97 Å². The van der Waals surface area contributed by atoms with Crippen LogP contribution in [-0.2, 0) is 9.53 Å². The van der Waals surface area contributed by atoms with Crippen LogP contribution in [0.5, 0.6) is 5.75 Å². The number of rotatable bonds is 5. The van der Waals surface area contributed by atoms with E-state index in [2.05, 4.69) is 18.8 Å². The molecule has 0 bridgehead atoms. The van der Waals surface area contributed by atoms with E-state index in [1.165, 1.54) is 20.3 Å². The molecule has 1 heterocycles. The Bertz CT molecular complexity index is 650. The van der Waals surface area contributed by atoms with Crippen molar-refractivity contribution in [2.45, 2.75) is 20.3 Å². The molecular weight excluding hydrogens is 297 g/mol. The minimum absolute atomic E-state index is 0.0496. The molecule has 0 amide bonds. The zero-order valence-corrected chi connectivity index (χ0v) is 13.9. The predicted molar refractivity (Wildman–Crippen MR) is 87.4 cm³/mol. The van der Waals surface area contributed by atoms with E-state index >= 15 is 0 Å². The number of halogens is 1. The molecule has 1 aromatic carbocycles. The zero-order chi connectivity index (χ0) is 17.0. The fourth-order valence-electron chi connectivity index (χ4n) is 2.73. The highest BCUT2D eigenvalue weighted by Crippen LogP contribution is 2.29. The quantitative estimate of drug-likeness (QED) is 0.782. The van der Waals surface area contributed by atoms with Gasteiger partial charge in [0, 0.05) is 18.0 Å². The number of hydrogen-bond acceptors (Lipinski definition) is 4. The molecule has 0 radical (unpaired) electrons. The van der Waals surface area contributed by atoms with Crippen LogP contribution in [0.3, 0.4) is 0 Å². The van der Waals surface area contributed by atoms with Gasteiger partial charge in [-0.1, -0.05) is 19.4 Å². The van der Waals surface area contributed by atoms with Crippen LogP contribution < -0.4 is 4.74 Å². The van der Waals surface area contributed by atoms with Gasteiger partial charge in [0.25, 0.3) is 0 Å². The Hall–Kier alpha value is -2.17. The van der Waals surface area contributed by atoms with Gasteiger partial charge in [0.1, 0.15) is 0 Å². The SMILES string of the molecule is COC(=O)CC1CN=C(c2ccc(F)c(OC)c2)C=C1C(C)C. The highest BCUT2D eigenvalue weighted by Gasteiger charge is 2.25. The third kappa shape index (κ3) is 3.97. The van der Waals surface area contributed by atoms with E-state index in [4.69, 9.17) is 9.47 Å². The number of ether oxygens (including phenoxy) is 2. The summed E-state index contributed by atoms with van der Waals surface area (Å²) in [6.45, 7) is 4.70. The third-order valence-electron chi connectivity index (χ3n) is 4.01. The second-order valence-corrected chi connectivity index (χ2v) is 5.85. The van der Waals surface area contributed by atoms with Crippen molar-refractivity contribution >= 4 is 11.7 Å². The maximum Gasteiger partial charge on any atom is 0.306 e. The first-order valence-corrected chi connectivity index (χ1v) is 7.63. The number of nitrogens with zero attached hydrogens (tertiary/aromatic N) is 1. The van der Waals surface area contributed by atoms with Crippen LogP contribution in [-0.4, -0.2) is 32.4 Å². The number of esters is 1. The van der Waals surface area contributed by atoms with Crippen molar-refractivity contribution in [3.8, 4) is 5.75 Å². The van der Waals surface area contributed by atoms with Crippen molar-refractivity contribution in [3.63, 3.8) is 0 Å². The lowest BCUT2D eigenvalue weighted by molar-refractivity contribution is -0.141. The molecule has 0 fully saturated rings. The monoisotopic (exact) mass is 319 g/mol.